The van der Waals surface area contributed by atoms with Gasteiger partial charge in [-0.2, -0.15) is 0 Å². The molecule has 2 amide bonds. The first-order valence-corrected chi connectivity index (χ1v) is 10.2. The zero-order valence-electron chi connectivity index (χ0n) is 18.7. The molecule has 10 heteroatoms. The summed E-state index contributed by atoms with van der Waals surface area (Å²) in [5, 5.41) is 11.5. The molecule has 0 atom stereocenters. The zero-order chi connectivity index (χ0) is 24.0. The van der Waals surface area contributed by atoms with Gasteiger partial charge in [0.1, 0.15) is 17.5 Å². The molecule has 0 spiro atoms. The molecule has 2 aromatic heterocycles. The smallest absolute Gasteiger partial charge is 0.255 e. The van der Waals surface area contributed by atoms with E-state index in [9.17, 15) is 14.0 Å². The van der Waals surface area contributed by atoms with E-state index in [2.05, 4.69) is 31.2 Å². The summed E-state index contributed by atoms with van der Waals surface area (Å²) in [6, 6.07) is 8.25. The molecule has 0 unspecified atom stereocenters. The zero-order valence-corrected chi connectivity index (χ0v) is 18.7. The maximum absolute atomic E-state index is 13.5. The molecule has 0 radical (unpaired) electrons. The van der Waals surface area contributed by atoms with Gasteiger partial charge in [0.05, 0.1) is 35.8 Å². The lowest BCUT2D eigenvalue weighted by Gasteiger charge is -2.17. The first-order chi connectivity index (χ1) is 15.9. The van der Waals surface area contributed by atoms with Crippen LogP contribution >= 0.6 is 0 Å². The molecular formula is C23H25FN6O3. The van der Waals surface area contributed by atoms with Crippen molar-refractivity contribution in [1.29, 1.82) is 0 Å². The van der Waals surface area contributed by atoms with Crippen molar-refractivity contribution < 1.29 is 18.7 Å². The van der Waals surface area contributed by atoms with E-state index >= 15 is 0 Å². The van der Waals surface area contributed by atoms with Crippen molar-refractivity contribution in [3.8, 4) is 5.75 Å². The summed E-state index contributed by atoms with van der Waals surface area (Å²) in [7, 11) is 2.98. The second-order valence-corrected chi connectivity index (χ2v) is 7.01. The number of nitrogens with zero attached hydrogens (tertiary/aromatic N) is 2. The maximum atomic E-state index is 13.5. The van der Waals surface area contributed by atoms with Crippen LogP contribution in [0, 0.1) is 12.7 Å². The number of anilines is 4. The fourth-order valence-electron chi connectivity index (χ4n) is 3.12. The highest BCUT2D eigenvalue weighted by Crippen LogP contribution is 2.33. The fraction of sp³-hybridized carbons (Fsp3) is 0.217. The van der Waals surface area contributed by atoms with E-state index in [-0.39, 0.29) is 17.4 Å². The van der Waals surface area contributed by atoms with Gasteiger partial charge >= 0.3 is 0 Å². The predicted molar refractivity (Wildman–Crippen MR) is 124 cm³/mol. The number of benzene rings is 1. The Morgan fingerprint density at radius 3 is 2.39 bits per heavy atom. The molecule has 33 heavy (non-hydrogen) atoms. The SMILES string of the molecule is CCNC(=O)c1cccc(Nc2cc(Nc3cc(C)c(F)cn3)ncc2C(=O)NC)c1OC. The molecule has 0 saturated heterocycles. The normalized spacial score (nSPS) is 10.3. The van der Waals surface area contributed by atoms with Gasteiger partial charge in [-0.05, 0) is 37.6 Å². The Balaban J connectivity index is 2.01. The average molecular weight is 452 g/mol. The topological polar surface area (TPSA) is 117 Å². The van der Waals surface area contributed by atoms with Crippen LogP contribution in [0.4, 0.5) is 27.4 Å². The minimum Gasteiger partial charge on any atom is -0.494 e. The van der Waals surface area contributed by atoms with Crippen molar-refractivity contribution in [1.82, 2.24) is 20.6 Å². The van der Waals surface area contributed by atoms with E-state index in [1.165, 1.54) is 20.4 Å². The predicted octanol–water partition coefficient (Wildman–Crippen LogP) is 3.53. The van der Waals surface area contributed by atoms with Crippen LogP contribution in [0.3, 0.4) is 0 Å². The van der Waals surface area contributed by atoms with Crippen LogP contribution in [-0.4, -0.2) is 42.5 Å². The van der Waals surface area contributed by atoms with Crippen LogP contribution in [0.5, 0.6) is 5.75 Å². The Hall–Kier alpha value is -4.21. The standard InChI is InChI=1S/C23H25FN6O3/c1-5-26-23(32)14-7-6-8-17(21(14)33-4)29-18-10-20(27-11-15(18)22(31)25-3)30-19-9-13(2)16(24)12-28-19/h6-12H,5H2,1-4H3,(H,25,31)(H,26,32)(H2,27,28,29,30). The summed E-state index contributed by atoms with van der Waals surface area (Å²) >= 11 is 0. The van der Waals surface area contributed by atoms with Crippen molar-refractivity contribution in [2.24, 2.45) is 0 Å². The molecular weight excluding hydrogens is 427 g/mol. The lowest BCUT2D eigenvalue weighted by atomic mass is 10.1. The molecule has 3 aromatic rings. The number of carbonyl (C=O) groups excluding carboxylic acids is 2. The van der Waals surface area contributed by atoms with Gasteiger partial charge in [-0.25, -0.2) is 14.4 Å². The van der Waals surface area contributed by atoms with Gasteiger partial charge in [-0.3, -0.25) is 9.59 Å². The number of aromatic nitrogens is 2. The third kappa shape index (κ3) is 5.35. The second kappa shape index (κ2) is 10.4. The third-order valence-corrected chi connectivity index (χ3v) is 4.75. The molecule has 0 bridgehead atoms. The minimum absolute atomic E-state index is 0.275. The first-order valence-electron chi connectivity index (χ1n) is 10.2. The summed E-state index contributed by atoms with van der Waals surface area (Å²) in [6.07, 6.45) is 2.52. The molecule has 4 N–H and O–H groups in total. The molecule has 0 saturated carbocycles. The minimum atomic E-state index is -0.412. The highest BCUT2D eigenvalue weighted by atomic mass is 19.1. The van der Waals surface area contributed by atoms with Crippen LogP contribution in [0.1, 0.15) is 33.2 Å². The van der Waals surface area contributed by atoms with Crippen molar-refractivity contribution in [2.75, 3.05) is 31.3 Å². The highest BCUT2D eigenvalue weighted by Gasteiger charge is 2.18. The Kier molecular flexibility index (Phi) is 7.39. The van der Waals surface area contributed by atoms with Gasteiger partial charge in [-0.1, -0.05) is 6.07 Å². The summed E-state index contributed by atoms with van der Waals surface area (Å²) in [5.41, 5.74) is 1.96. The number of ether oxygens (including phenoxy) is 1. The van der Waals surface area contributed by atoms with Crippen LogP contribution in [-0.2, 0) is 0 Å². The quantitative estimate of drug-likeness (QED) is 0.413. The van der Waals surface area contributed by atoms with E-state index < -0.39 is 5.82 Å². The van der Waals surface area contributed by atoms with Gasteiger partial charge < -0.3 is 26.0 Å². The van der Waals surface area contributed by atoms with Gasteiger partial charge in [0, 0.05) is 25.9 Å². The molecule has 1 aromatic carbocycles. The highest BCUT2D eigenvalue weighted by molar-refractivity contribution is 6.02. The van der Waals surface area contributed by atoms with Crippen LogP contribution in [0.2, 0.25) is 0 Å². The second-order valence-electron chi connectivity index (χ2n) is 7.01. The number of pyridine rings is 2. The number of halogens is 1. The van der Waals surface area contributed by atoms with E-state index in [1.54, 1.807) is 37.3 Å². The Bertz CT molecular complexity index is 1180. The maximum Gasteiger partial charge on any atom is 0.255 e. The molecule has 3 rings (SSSR count). The number of methoxy groups -OCH3 is 1. The number of hydrogen-bond acceptors (Lipinski definition) is 7. The summed E-state index contributed by atoms with van der Waals surface area (Å²) in [4.78, 5) is 33.1. The van der Waals surface area contributed by atoms with Crippen molar-refractivity contribution in [3.63, 3.8) is 0 Å². The number of hydrogen-bond donors (Lipinski definition) is 4. The molecule has 0 aliphatic carbocycles. The molecule has 0 fully saturated rings. The van der Waals surface area contributed by atoms with Gasteiger partial charge in [0.15, 0.2) is 5.75 Å². The Labute approximate surface area is 190 Å². The Morgan fingerprint density at radius 1 is 1.00 bits per heavy atom. The molecule has 9 nitrogen and oxygen atoms in total. The summed E-state index contributed by atoms with van der Waals surface area (Å²) in [6.45, 7) is 3.92. The molecule has 172 valence electrons. The number of amides is 2. The van der Waals surface area contributed by atoms with Gasteiger partial charge in [0.25, 0.3) is 11.8 Å². The van der Waals surface area contributed by atoms with Crippen LogP contribution < -0.4 is 26.0 Å². The van der Waals surface area contributed by atoms with Gasteiger partial charge in [-0.15, -0.1) is 0 Å². The molecule has 0 aliphatic heterocycles. The van der Waals surface area contributed by atoms with Crippen molar-refractivity contribution in [2.45, 2.75) is 13.8 Å². The monoisotopic (exact) mass is 452 g/mol. The van der Waals surface area contributed by atoms with Crippen molar-refractivity contribution in [3.05, 3.63) is 65.2 Å². The number of carbonyl (C=O) groups is 2. The molecule has 0 aliphatic rings. The number of rotatable bonds is 8. The number of para-hydroxylation sites is 1. The van der Waals surface area contributed by atoms with E-state index in [0.717, 1.165) is 6.20 Å². The Morgan fingerprint density at radius 2 is 1.73 bits per heavy atom. The first kappa shape index (κ1) is 23.5. The number of aryl methyl sites for hydroxylation is 1. The van der Waals surface area contributed by atoms with Crippen molar-refractivity contribution >= 4 is 34.8 Å². The number of nitrogens with one attached hydrogen (secondary N) is 4. The lowest BCUT2D eigenvalue weighted by molar-refractivity contribution is 0.0948. The molecule has 2 heterocycles. The fourth-order valence-corrected chi connectivity index (χ4v) is 3.12. The summed E-state index contributed by atoms with van der Waals surface area (Å²) < 4.78 is 19.0. The third-order valence-electron chi connectivity index (χ3n) is 4.75. The van der Waals surface area contributed by atoms with E-state index in [4.69, 9.17) is 4.74 Å². The largest absolute Gasteiger partial charge is 0.494 e. The van der Waals surface area contributed by atoms with Gasteiger partial charge in [0.2, 0.25) is 0 Å². The summed E-state index contributed by atoms with van der Waals surface area (Å²) in [5.74, 6) is 0.0576. The van der Waals surface area contributed by atoms with Crippen LogP contribution in [0.25, 0.3) is 0 Å². The van der Waals surface area contributed by atoms with Crippen LogP contribution in [0.15, 0.2) is 42.7 Å². The average Bonchev–Trinajstić information content (AvgIpc) is 2.81. The van der Waals surface area contributed by atoms with E-state index in [0.29, 0.717) is 46.4 Å². The van der Waals surface area contributed by atoms with E-state index in [1.807, 2.05) is 6.92 Å². The lowest BCUT2D eigenvalue weighted by Crippen LogP contribution is -2.23.